The first-order chi connectivity index (χ1) is 10.2. The number of amides is 1. The summed E-state index contributed by atoms with van der Waals surface area (Å²) in [5.74, 6) is 2.98. The molecule has 0 bridgehead atoms. The van der Waals surface area contributed by atoms with Crippen LogP contribution >= 0.6 is 0 Å². The smallest absolute Gasteiger partial charge is 0.251 e. The minimum atomic E-state index is -0.0467. The van der Waals surface area contributed by atoms with Gasteiger partial charge in [-0.25, -0.2) is 0 Å². The molecule has 0 unspecified atom stereocenters. The molecule has 0 aromatic heterocycles. The van der Waals surface area contributed by atoms with Crippen molar-refractivity contribution in [1.29, 1.82) is 0 Å². The third-order valence-electron chi connectivity index (χ3n) is 4.46. The minimum Gasteiger partial charge on any atom is -0.494 e. The van der Waals surface area contributed by atoms with Crippen LogP contribution in [0.4, 0.5) is 5.69 Å². The summed E-state index contributed by atoms with van der Waals surface area (Å²) in [6, 6.07) is 5.22. The fourth-order valence-corrected chi connectivity index (χ4v) is 3.08. The average Bonchev–Trinajstić information content (AvgIpc) is 3.32. The number of ether oxygens (including phenoxy) is 1. The maximum Gasteiger partial charge on any atom is 0.251 e. The molecule has 4 nitrogen and oxygen atoms in total. The van der Waals surface area contributed by atoms with Gasteiger partial charge in [-0.05, 0) is 62.5 Å². The highest BCUT2D eigenvalue weighted by atomic mass is 16.5. The van der Waals surface area contributed by atoms with Gasteiger partial charge in [0.25, 0.3) is 5.91 Å². The lowest BCUT2D eigenvalue weighted by Gasteiger charge is -2.16. The zero-order valence-corrected chi connectivity index (χ0v) is 12.6. The van der Waals surface area contributed by atoms with E-state index in [4.69, 9.17) is 10.5 Å². The Morgan fingerprint density at radius 1 is 1.29 bits per heavy atom. The van der Waals surface area contributed by atoms with Crippen LogP contribution in [0.15, 0.2) is 18.2 Å². The maximum atomic E-state index is 12.3. The molecule has 0 saturated heterocycles. The summed E-state index contributed by atoms with van der Waals surface area (Å²) in [6.45, 7) is 3.28. The van der Waals surface area contributed by atoms with E-state index in [1.165, 1.54) is 25.7 Å². The maximum absolute atomic E-state index is 12.3. The number of rotatable bonds is 7. The van der Waals surface area contributed by atoms with Crippen LogP contribution in [0.1, 0.15) is 43.0 Å². The van der Waals surface area contributed by atoms with Crippen LogP contribution in [0.5, 0.6) is 5.75 Å². The van der Waals surface area contributed by atoms with Crippen molar-refractivity contribution in [3.63, 3.8) is 0 Å². The zero-order chi connectivity index (χ0) is 14.8. The third-order valence-corrected chi connectivity index (χ3v) is 4.46. The van der Waals surface area contributed by atoms with E-state index in [-0.39, 0.29) is 5.91 Å². The SMILES string of the molecule is CCOc1cc(N)cc(C(=O)NCC(C2CC2)C2CC2)c1. The van der Waals surface area contributed by atoms with Gasteiger partial charge in [0.1, 0.15) is 5.75 Å². The number of carbonyl (C=O) groups is 1. The largest absolute Gasteiger partial charge is 0.494 e. The first-order valence-electron chi connectivity index (χ1n) is 7.99. The molecular weight excluding hydrogens is 264 g/mol. The van der Waals surface area contributed by atoms with Gasteiger partial charge < -0.3 is 15.8 Å². The standard InChI is InChI=1S/C17H24N2O2/c1-2-21-15-8-13(7-14(18)9-15)17(20)19-10-16(11-3-4-11)12-5-6-12/h7-9,11-12,16H,2-6,10,18H2,1H3,(H,19,20). The van der Waals surface area contributed by atoms with Crippen LogP contribution in [0.3, 0.4) is 0 Å². The van der Waals surface area contributed by atoms with Gasteiger partial charge in [-0.15, -0.1) is 0 Å². The molecule has 2 saturated carbocycles. The Morgan fingerprint density at radius 2 is 1.95 bits per heavy atom. The number of nitrogens with two attached hydrogens (primary N) is 1. The highest BCUT2D eigenvalue weighted by Gasteiger charge is 2.41. The normalized spacial score (nSPS) is 17.8. The molecule has 1 aromatic carbocycles. The van der Waals surface area contributed by atoms with Crippen LogP contribution in [0.25, 0.3) is 0 Å². The highest BCUT2D eigenvalue weighted by molar-refractivity contribution is 5.95. The number of benzene rings is 1. The number of carbonyl (C=O) groups excluding carboxylic acids is 1. The molecule has 1 amide bonds. The van der Waals surface area contributed by atoms with Gasteiger partial charge in [-0.1, -0.05) is 0 Å². The van der Waals surface area contributed by atoms with E-state index in [0.717, 1.165) is 18.4 Å². The average molecular weight is 288 g/mol. The Hall–Kier alpha value is -1.71. The zero-order valence-electron chi connectivity index (χ0n) is 12.6. The Labute approximate surface area is 126 Å². The molecule has 0 spiro atoms. The van der Waals surface area contributed by atoms with Gasteiger partial charge in [0.2, 0.25) is 0 Å². The lowest BCUT2D eigenvalue weighted by molar-refractivity contribution is 0.0943. The van der Waals surface area contributed by atoms with Gasteiger partial charge in [-0.3, -0.25) is 4.79 Å². The molecular formula is C17H24N2O2. The van der Waals surface area contributed by atoms with Crippen molar-refractivity contribution in [3.8, 4) is 5.75 Å². The van der Waals surface area contributed by atoms with E-state index >= 15 is 0 Å². The van der Waals surface area contributed by atoms with Gasteiger partial charge in [-0.2, -0.15) is 0 Å². The Morgan fingerprint density at radius 3 is 2.52 bits per heavy atom. The molecule has 2 aliphatic rings. The van der Waals surface area contributed by atoms with Crippen molar-refractivity contribution in [2.75, 3.05) is 18.9 Å². The van der Waals surface area contributed by atoms with E-state index in [0.29, 0.717) is 29.5 Å². The fourth-order valence-electron chi connectivity index (χ4n) is 3.08. The first kappa shape index (κ1) is 14.2. The molecule has 21 heavy (non-hydrogen) atoms. The molecule has 4 heteroatoms. The van der Waals surface area contributed by atoms with Crippen LogP contribution in [-0.2, 0) is 0 Å². The van der Waals surface area contributed by atoms with Crippen molar-refractivity contribution in [3.05, 3.63) is 23.8 Å². The van der Waals surface area contributed by atoms with Gasteiger partial charge >= 0.3 is 0 Å². The topological polar surface area (TPSA) is 64.3 Å². The molecule has 0 heterocycles. The van der Waals surface area contributed by atoms with Crippen molar-refractivity contribution < 1.29 is 9.53 Å². The summed E-state index contributed by atoms with van der Waals surface area (Å²) in [5, 5.41) is 3.09. The number of nitrogen functional groups attached to an aromatic ring is 1. The van der Waals surface area contributed by atoms with Crippen molar-refractivity contribution >= 4 is 11.6 Å². The second-order valence-corrected chi connectivity index (χ2v) is 6.27. The monoisotopic (exact) mass is 288 g/mol. The Kier molecular flexibility index (Phi) is 4.04. The molecule has 3 N–H and O–H groups in total. The first-order valence-corrected chi connectivity index (χ1v) is 7.99. The summed E-state index contributed by atoms with van der Waals surface area (Å²) >= 11 is 0. The number of hydrogen-bond acceptors (Lipinski definition) is 3. The predicted molar refractivity (Wildman–Crippen MR) is 83.3 cm³/mol. The van der Waals surface area contributed by atoms with E-state index < -0.39 is 0 Å². The minimum absolute atomic E-state index is 0.0467. The second-order valence-electron chi connectivity index (χ2n) is 6.27. The van der Waals surface area contributed by atoms with Gasteiger partial charge in [0, 0.05) is 23.9 Å². The predicted octanol–water partition coefficient (Wildman–Crippen LogP) is 2.83. The summed E-state index contributed by atoms with van der Waals surface area (Å²) < 4.78 is 5.44. The molecule has 0 radical (unpaired) electrons. The van der Waals surface area contributed by atoms with E-state index in [9.17, 15) is 4.79 Å². The van der Waals surface area contributed by atoms with Crippen LogP contribution in [0, 0.1) is 17.8 Å². The molecule has 0 atom stereocenters. The molecule has 0 aliphatic heterocycles. The summed E-state index contributed by atoms with van der Waals surface area (Å²) in [5.41, 5.74) is 6.99. The number of hydrogen-bond donors (Lipinski definition) is 2. The molecule has 2 aliphatic carbocycles. The molecule has 2 fully saturated rings. The molecule has 3 rings (SSSR count). The molecule has 1 aromatic rings. The number of nitrogens with one attached hydrogen (secondary N) is 1. The fraction of sp³-hybridized carbons (Fsp3) is 0.588. The lowest BCUT2D eigenvalue weighted by Crippen LogP contribution is -2.31. The van der Waals surface area contributed by atoms with Crippen LogP contribution < -0.4 is 15.8 Å². The quantitative estimate of drug-likeness (QED) is 0.758. The Balaban J connectivity index is 1.61. The Bertz CT molecular complexity index is 510. The van der Waals surface area contributed by atoms with Crippen molar-refractivity contribution in [2.45, 2.75) is 32.6 Å². The third kappa shape index (κ3) is 3.69. The summed E-state index contributed by atoms with van der Waals surface area (Å²) in [4.78, 5) is 12.3. The second kappa shape index (κ2) is 5.96. The van der Waals surface area contributed by atoms with Gasteiger partial charge in [0.15, 0.2) is 0 Å². The lowest BCUT2D eigenvalue weighted by atomic mass is 9.98. The van der Waals surface area contributed by atoms with Crippen molar-refractivity contribution in [1.82, 2.24) is 5.32 Å². The van der Waals surface area contributed by atoms with Crippen LogP contribution in [0.2, 0.25) is 0 Å². The summed E-state index contributed by atoms with van der Waals surface area (Å²) in [7, 11) is 0. The summed E-state index contributed by atoms with van der Waals surface area (Å²) in [6.07, 6.45) is 5.35. The molecule has 114 valence electrons. The van der Waals surface area contributed by atoms with Crippen LogP contribution in [-0.4, -0.2) is 19.1 Å². The van der Waals surface area contributed by atoms with Gasteiger partial charge in [0.05, 0.1) is 6.61 Å². The number of anilines is 1. The van der Waals surface area contributed by atoms with E-state index in [1.807, 2.05) is 6.92 Å². The van der Waals surface area contributed by atoms with Crippen molar-refractivity contribution in [2.24, 2.45) is 17.8 Å². The van der Waals surface area contributed by atoms with E-state index in [2.05, 4.69) is 5.32 Å². The highest BCUT2D eigenvalue weighted by Crippen LogP contribution is 2.48. The van der Waals surface area contributed by atoms with E-state index in [1.54, 1.807) is 18.2 Å².